The Morgan fingerprint density at radius 1 is 1.59 bits per heavy atom. The second-order valence-electron chi connectivity index (χ2n) is 3.96. The molecule has 0 spiro atoms. The van der Waals surface area contributed by atoms with E-state index in [-0.39, 0.29) is 11.8 Å². The molecule has 0 saturated heterocycles. The van der Waals surface area contributed by atoms with Gasteiger partial charge in [0.2, 0.25) is 0 Å². The van der Waals surface area contributed by atoms with E-state index in [4.69, 9.17) is 4.74 Å². The van der Waals surface area contributed by atoms with Crippen molar-refractivity contribution in [1.82, 2.24) is 4.98 Å². The minimum absolute atomic E-state index is 0.00600. The third kappa shape index (κ3) is 4.36. The largest absolute Gasteiger partial charge is 0.377 e. The van der Waals surface area contributed by atoms with Crippen LogP contribution in [0.5, 0.6) is 0 Å². The molecule has 0 aromatic carbocycles. The number of rotatable bonds is 6. The number of ether oxygens (including phenoxy) is 1. The first-order valence-corrected chi connectivity index (χ1v) is 5.47. The lowest BCUT2D eigenvalue weighted by molar-refractivity contribution is -0.385. The fourth-order valence-electron chi connectivity index (χ4n) is 1.31. The van der Waals surface area contributed by atoms with Crippen LogP contribution in [0.3, 0.4) is 0 Å². The second-order valence-corrected chi connectivity index (χ2v) is 3.96. The third-order valence-electron chi connectivity index (χ3n) is 2.12. The van der Waals surface area contributed by atoms with Gasteiger partial charge in [-0.2, -0.15) is 0 Å². The zero-order valence-electron chi connectivity index (χ0n) is 10.3. The quantitative estimate of drug-likeness (QED) is 0.467. The molecule has 0 aliphatic heterocycles. The van der Waals surface area contributed by atoms with Crippen molar-refractivity contribution in [2.24, 2.45) is 0 Å². The molecular weight excluding hydrogens is 222 g/mol. The van der Waals surface area contributed by atoms with E-state index in [9.17, 15) is 10.1 Å². The summed E-state index contributed by atoms with van der Waals surface area (Å²) in [5.41, 5.74) is 0.759. The van der Waals surface area contributed by atoms with Gasteiger partial charge in [-0.15, -0.1) is 0 Å². The van der Waals surface area contributed by atoms with Crippen LogP contribution in [0, 0.1) is 17.0 Å². The van der Waals surface area contributed by atoms with Crippen LogP contribution in [0.2, 0.25) is 0 Å². The van der Waals surface area contributed by atoms with Crippen LogP contribution >= 0.6 is 0 Å². The number of anilines is 1. The maximum atomic E-state index is 10.5. The van der Waals surface area contributed by atoms with Crippen molar-refractivity contribution in [2.45, 2.75) is 26.9 Å². The zero-order valence-corrected chi connectivity index (χ0v) is 10.3. The molecule has 0 radical (unpaired) electrons. The van der Waals surface area contributed by atoms with Gasteiger partial charge in [-0.05, 0) is 26.3 Å². The number of nitrogens with one attached hydrogen (secondary N) is 1. The molecule has 94 valence electrons. The molecule has 1 heterocycles. The Kier molecular flexibility index (Phi) is 4.84. The van der Waals surface area contributed by atoms with Gasteiger partial charge < -0.3 is 10.1 Å². The molecule has 0 aliphatic rings. The van der Waals surface area contributed by atoms with Crippen molar-refractivity contribution in [2.75, 3.05) is 18.5 Å². The molecule has 0 saturated carbocycles. The van der Waals surface area contributed by atoms with E-state index in [0.717, 1.165) is 5.56 Å². The van der Waals surface area contributed by atoms with E-state index in [1.165, 1.54) is 12.3 Å². The fourth-order valence-corrected chi connectivity index (χ4v) is 1.31. The van der Waals surface area contributed by atoms with Gasteiger partial charge in [0.15, 0.2) is 0 Å². The Hall–Kier alpha value is -1.69. The molecule has 17 heavy (non-hydrogen) atoms. The molecule has 0 aliphatic carbocycles. The normalized spacial score (nSPS) is 10.6. The van der Waals surface area contributed by atoms with Gasteiger partial charge in [-0.25, -0.2) is 4.98 Å². The SMILES string of the molecule is Cc1cc([N+](=O)[O-])cnc1NCCOC(C)C. The lowest BCUT2D eigenvalue weighted by Crippen LogP contribution is -2.14. The number of hydrogen-bond acceptors (Lipinski definition) is 5. The van der Waals surface area contributed by atoms with Crippen LogP contribution in [0.15, 0.2) is 12.3 Å². The lowest BCUT2D eigenvalue weighted by Gasteiger charge is -2.10. The summed E-state index contributed by atoms with van der Waals surface area (Å²) in [7, 11) is 0. The average Bonchev–Trinajstić information content (AvgIpc) is 2.25. The molecule has 1 aromatic heterocycles. The van der Waals surface area contributed by atoms with Gasteiger partial charge in [-0.1, -0.05) is 0 Å². The summed E-state index contributed by atoms with van der Waals surface area (Å²) in [4.78, 5) is 14.1. The van der Waals surface area contributed by atoms with Crippen molar-refractivity contribution in [3.05, 3.63) is 27.9 Å². The van der Waals surface area contributed by atoms with Crippen molar-refractivity contribution in [3.8, 4) is 0 Å². The highest BCUT2D eigenvalue weighted by atomic mass is 16.6. The molecule has 6 nitrogen and oxygen atoms in total. The van der Waals surface area contributed by atoms with Crippen LogP contribution in [-0.2, 0) is 4.74 Å². The second kappa shape index (κ2) is 6.15. The van der Waals surface area contributed by atoms with Gasteiger partial charge in [0.05, 0.1) is 17.6 Å². The van der Waals surface area contributed by atoms with Gasteiger partial charge >= 0.3 is 0 Å². The topological polar surface area (TPSA) is 77.3 Å². The molecule has 1 rings (SSSR count). The summed E-state index contributed by atoms with van der Waals surface area (Å²) < 4.78 is 5.37. The van der Waals surface area contributed by atoms with Crippen molar-refractivity contribution < 1.29 is 9.66 Å². The smallest absolute Gasteiger partial charge is 0.287 e. The summed E-state index contributed by atoms with van der Waals surface area (Å²) in [6, 6.07) is 1.50. The van der Waals surface area contributed by atoms with Crippen LogP contribution in [0.4, 0.5) is 11.5 Å². The van der Waals surface area contributed by atoms with Gasteiger partial charge in [0, 0.05) is 12.6 Å². The Morgan fingerprint density at radius 2 is 2.29 bits per heavy atom. The molecule has 1 N–H and O–H groups in total. The molecule has 0 fully saturated rings. The summed E-state index contributed by atoms with van der Waals surface area (Å²) in [6.45, 7) is 6.93. The number of nitrogens with zero attached hydrogens (tertiary/aromatic N) is 2. The standard InChI is InChI=1S/C11H17N3O3/c1-8(2)17-5-4-12-11-9(3)6-10(7-13-11)14(15)16/h6-8H,4-5H2,1-3H3,(H,12,13). The number of aryl methyl sites for hydroxylation is 1. The highest BCUT2D eigenvalue weighted by Gasteiger charge is 2.08. The molecule has 0 amide bonds. The molecule has 6 heteroatoms. The molecule has 1 aromatic rings. The van der Waals surface area contributed by atoms with E-state index in [2.05, 4.69) is 10.3 Å². The molecule has 0 atom stereocenters. The first-order valence-electron chi connectivity index (χ1n) is 5.47. The molecule has 0 bridgehead atoms. The lowest BCUT2D eigenvalue weighted by atomic mass is 10.2. The third-order valence-corrected chi connectivity index (χ3v) is 2.12. The minimum atomic E-state index is -0.453. The number of aromatic nitrogens is 1. The number of nitro groups is 1. The van der Waals surface area contributed by atoms with Gasteiger partial charge in [0.25, 0.3) is 5.69 Å². The molecular formula is C11H17N3O3. The Labute approximate surface area is 100 Å². The predicted octanol–water partition coefficient (Wildman–Crippen LogP) is 2.14. The zero-order chi connectivity index (χ0) is 12.8. The summed E-state index contributed by atoms with van der Waals surface area (Å²) in [5.74, 6) is 0.656. The number of pyridine rings is 1. The Balaban J connectivity index is 2.52. The Morgan fingerprint density at radius 3 is 2.82 bits per heavy atom. The van der Waals surface area contributed by atoms with E-state index in [0.29, 0.717) is 19.0 Å². The molecule has 0 unspecified atom stereocenters. The first kappa shape index (κ1) is 13.4. The average molecular weight is 239 g/mol. The van der Waals surface area contributed by atoms with E-state index in [1.54, 1.807) is 6.92 Å². The van der Waals surface area contributed by atoms with E-state index < -0.39 is 4.92 Å². The highest BCUT2D eigenvalue weighted by Crippen LogP contribution is 2.17. The van der Waals surface area contributed by atoms with Crippen LogP contribution in [0.1, 0.15) is 19.4 Å². The maximum Gasteiger partial charge on any atom is 0.287 e. The first-order chi connectivity index (χ1) is 8.00. The Bertz CT molecular complexity index is 394. The van der Waals surface area contributed by atoms with Crippen molar-refractivity contribution >= 4 is 11.5 Å². The summed E-state index contributed by atoms with van der Waals surface area (Å²) >= 11 is 0. The van der Waals surface area contributed by atoms with Crippen molar-refractivity contribution in [3.63, 3.8) is 0 Å². The monoisotopic (exact) mass is 239 g/mol. The summed E-state index contributed by atoms with van der Waals surface area (Å²) in [5, 5.41) is 13.6. The summed E-state index contributed by atoms with van der Waals surface area (Å²) in [6.07, 6.45) is 1.45. The van der Waals surface area contributed by atoms with Gasteiger partial charge in [0.1, 0.15) is 12.0 Å². The van der Waals surface area contributed by atoms with Crippen molar-refractivity contribution in [1.29, 1.82) is 0 Å². The highest BCUT2D eigenvalue weighted by molar-refractivity contribution is 5.48. The predicted molar refractivity (Wildman–Crippen MR) is 65.2 cm³/mol. The van der Waals surface area contributed by atoms with E-state index in [1.807, 2.05) is 13.8 Å². The van der Waals surface area contributed by atoms with E-state index >= 15 is 0 Å². The van der Waals surface area contributed by atoms with Gasteiger partial charge in [-0.3, -0.25) is 10.1 Å². The minimum Gasteiger partial charge on any atom is -0.377 e. The maximum absolute atomic E-state index is 10.5. The van der Waals surface area contributed by atoms with Crippen LogP contribution in [0.25, 0.3) is 0 Å². The van der Waals surface area contributed by atoms with Crippen LogP contribution < -0.4 is 5.32 Å². The fraction of sp³-hybridized carbons (Fsp3) is 0.545. The number of hydrogen-bond donors (Lipinski definition) is 1. The van der Waals surface area contributed by atoms with Crippen LogP contribution in [-0.4, -0.2) is 29.2 Å².